The minimum Gasteiger partial charge on any atom is -0.301 e. The van der Waals surface area contributed by atoms with Gasteiger partial charge in [-0.2, -0.15) is 0 Å². The van der Waals surface area contributed by atoms with Crippen LogP contribution in [0.25, 0.3) is 0 Å². The molecule has 0 atom stereocenters. The summed E-state index contributed by atoms with van der Waals surface area (Å²) >= 11 is 4.78. The van der Waals surface area contributed by atoms with Crippen LogP contribution in [0.3, 0.4) is 0 Å². The number of hydrogen-bond donors (Lipinski definition) is 1. The number of rotatable bonds is 6. The Morgan fingerprint density at radius 3 is 2.70 bits per heavy atom. The van der Waals surface area contributed by atoms with E-state index in [2.05, 4.69) is 62.6 Å². The largest absolute Gasteiger partial charge is 0.301 e. The smallest absolute Gasteiger partial charge is 0.226 e. The van der Waals surface area contributed by atoms with E-state index in [0.717, 1.165) is 23.2 Å². The number of nitrogens with zero attached hydrogens (tertiary/aromatic N) is 2. The van der Waals surface area contributed by atoms with Gasteiger partial charge in [0.1, 0.15) is 5.01 Å². The molecule has 0 fully saturated rings. The summed E-state index contributed by atoms with van der Waals surface area (Å²) in [5.74, 6) is -0.0212. The predicted octanol–water partition coefficient (Wildman–Crippen LogP) is 3.36. The molecule has 2 rings (SSSR count). The van der Waals surface area contributed by atoms with Gasteiger partial charge in [-0.15, -0.1) is 10.2 Å². The van der Waals surface area contributed by atoms with Crippen molar-refractivity contribution in [2.24, 2.45) is 0 Å². The fourth-order valence-electron chi connectivity index (χ4n) is 1.68. The number of amides is 1. The van der Waals surface area contributed by atoms with Crippen molar-refractivity contribution >= 4 is 38.3 Å². The first-order chi connectivity index (χ1) is 9.67. The minimum absolute atomic E-state index is 0.0212. The molecule has 0 saturated carbocycles. The van der Waals surface area contributed by atoms with Gasteiger partial charge in [0.25, 0.3) is 0 Å². The molecule has 0 aliphatic rings. The Morgan fingerprint density at radius 1 is 1.25 bits per heavy atom. The fraction of sp³-hybridized carbons (Fsp3) is 0.357. The summed E-state index contributed by atoms with van der Waals surface area (Å²) in [7, 11) is 0. The van der Waals surface area contributed by atoms with Gasteiger partial charge in [0.15, 0.2) is 0 Å². The van der Waals surface area contributed by atoms with Crippen LogP contribution in [0.5, 0.6) is 0 Å². The van der Waals surface area contributed by atoms with Crippen LogP contribution in [0.4, 0.5) is 5.13 Å². The van der Waals surface area contributed by atoms with Gasteiger partial charge in [0, 0.05) is 18.2 Å². The Hall–Kier alpha value is -1.27. The van der Waals surface area contributed by atoms with Crippen molar-refractivity contribution in [1.29, 1.82) is 0 Å². The van der Waals surface area contributed by atoms with Crippen molar-refractivity contribution < 1.29 is 4.79 Å². The highest BCUT2D eigenvalue weighted by Crippen LogP contribution is 2.16. The molecular formula is C14H16BrN3OS. The van der Waals surface area contributed by atoms with Crippen LogP contribution < -0.4 is 5.32 Å². The Kier molecular flexibility index (Phi) is 5.67. The number of anilines is 1. The molecule has 1 aromatic carbocycles. The summed E-state index contributed by atoms with van der Waals surface area (Å²) in [6.45, 7) is 2.05. The van der Waals surface area contributed by atoms with Crippen molar-refractivity contribution in [2.75, 3.05) is 10.6 Å². The van der Waals surface area contributed by atoms with E-state index >= 15 is 0 Å². The van der Waals surface area contributed by atoms with Gasteiger partial charge in [-0.3, -0.25) is 4.79 Å². The van der Waals surface area contributed by atoms with Crippen LogP contribution in [0.15, 0.2) is 24.3 Å². The molecule has 4 nitrogen and oxygen atoms in total. The number of benzene rings is 1. The van der Waals surface area contributed by atoms with Gasteiger partial charge in [0.05, 0.1) is 0 Å². The van der Waals surface area contributed by atoms with Crippen LogP contribution >= 0.6 is 27.3 Å². The van der Waals surface area contributed by atoms with Crippen molar-refractivity contribution in [1.82, 2.24) is 10.2 Å². The molecule has 0 spiro atoms. The Bertz CT molecular complexity index is 568. The fourth-order valence-corrected chi connectivity index (χ4v) is 3.07. The maximum Gasteiger partial charge on any atom is 0.226 e. The Labute approximate surface area is 130 Å². The van der Waals surface area contributed by atoms with Gasteiger partial charge in [0.2, 0.25) is 11.0 Å². The third kappa shape index (κ3) is 4.68. The van der Waals surface area contributed by atoms with E-state index in [4.69, 9.17) is 0 Å². The summed E-state index contributed by atoms with van der Waals surface area (Å²) in [5, 5.41) is 13.1. The van der Waals surface area contributed by atoms with Crippen LogP contribution in [-0.4, -0.2) is 21.4 Å². The number of aromatic nitrogens is 2. The van der Waals surface area contributed by atoms with Crippen molar-refractivity contribution in [2.45, 2.75) is 26.2 Å². The average Bonchev–Trinajstić information content (AvgIpc) is 2.86. The second-order valence-corrected chi connectivity index (χ2v) is 6.33. The highest BCUT2D eigenvalue weighted by atomic mass is 79.9. The first-order valence-corrected chi connectivity index (χ1v) is 8.35. The molecule has 0 saturated heterocycles. The van der Waals surface area contributed by atoms with Gasteiger partial charge in [-0.05, 0) is 18.9 Å². The molecule has 6 heteroatoms. The summed E-state index contributed by atoms with van der Waals surface area (Å²) in [6.07, 6.45) is 2.02. The second-order valence-electron chi connectivity index (χ2n) is 4.47. The van der Waals surface area contributed by atoms with Gasteiger partial charge in [-0.1, -0.05) is 57.1 Å². The van der Waals surface area contributed by atoms with E-state index in [-0.39, 0.29) is 5.91 Å². The quantitative estimate of drug-likeness (QED) is 0.810. The lowest BCUT2D eigenvalue weighted by molar-refractivity contribution is -0.116. The normalized spacial score (nSPS) is 10.5. The SMILES string of the molecule is Cc1ccc(CCC(=O)Nc2nnc(CCBr)s2)cc1. The maximum atomic E-state index is 11.8. The Morgan fingerprint density at radius 2 is 2.00 bits per heavy atom. The van der Waals surface area contributed by atoms with Crippen molar-refractivity contribution in [3.63, 3.8) is 0 Å². The molecule has 0 aliphatic heterocycles. The Balaban J connectivity index is 1.81. The van der Waals surface area contributed by atoms with Crippen LogP contribution in [0, 0.1) is 6.92 Å². The average molecular weight is 354 g/mol. The summed E-state index contributed by atoms with van der Waals surface area (Å²) in [6, 6.07) is 8.23. The molecule has 1 amide bonds. The van der Waals surface area contributed by atoms with Crippen LogP contribution in [-0.2, 0) is 17.6 Å². The number of aryl methyl sites for hydroxylation is 3. The van der Waals surface area contributed by atoms with E-state index in [9.17, 15) is 4.79 Å². The lowest BCUT2D eigenvalue weighted by Crippen LogP contribution is -2.12. The lowest BCUT2D eigenvalue weighted by Gasteiger charge is -2.02. The van der Waals surface area contributed by atoms with Gasteiger partial charge in [-0.25, -0.2) is 0 Å². The summed E-state index contributed by atoms with van der Waals surface area (Å²) < 4.78 is 0. The molecule has 2 aromatic rings. The number of nitrogens with one attached hydrogen (secondary N) is 1. The number of hydrogen-bond acceptors (Lipinski definition) is 4. The zero-order valence-electron chi connectivity index (χ0n) is 11.2. The third-order valence-corrected chi connectivity index (χ3v) is 4.08. The number of carbonyl (C=O) groups is 1. The number of alkyl halides is 1. The molecule has 0 radical (unpaired) electrons. The van der Waals surface area contributed by atoms with E-state index in [0.29, 0.717) is 11.6 Å². The molecule has 1 aromatic heterocycles. The van der Waals surface area contributed by atoms with Crippen LogP contribution in [0.1, 0.15) is 22.6 Å². The molecular weight excluding hydrogens is 338 g/mol. The molecule has 1 N–H and O–H groups in total. The topological polar surface area (TPSA) is 54.9 Å². The van der Waals surface area contributed by atoms with Crippen LogP contribution in [0.2, 0.25) is 0 Å². The van der Waals surface area contributed by atoms with E-state index in [1.165, 1.54) is 22.5 Å². The predicted molar refractivity (Wildman–Crippen MR) is 85.5 cm³/mol. The van der Waals surface area contributed by atoms with Crippen molar-refractivity contribution in [3.05, 3.63) is 40.4 Å². The summed E-state index contributed by atoms with van der Waals surface area (Å²) in [5.41, 5.74) is 2.40. The molecule has 106 valence electrons. The van der Waals surface area contributed by atoms with Crippen molar-refractivity contribution in [3.8, 4) is 0 Å². The third-order valence-electron chi connectivity index (χ3n) is 2.78. The second kappa shape index (κ2) is 7.50. The molecule has 20 heavy (non-hydrogen) atoms. The molecule has 1 heterocycles. The first-order valence-electron chi connectivity index (χ1n) is 6.41. The highest BCUT2D eigenvalue weighted by molar-refractivity contribution is 9.09. The standard InChI is InChI=1S/C14H16BrN3OS/c1-10-2-4-11(5-3-10)6-7-12(19)16-14-18-17-13(20-14)8-9-15/h2-5H,6-9H2,1H3,(H,16,18,19). The molecule has 0 aliphatic carbocycles. The zero-order valence-corrected chi connectivity index (χ0v) is 13.6. The highest BCUT2D eigenvalue weighted by Gasteiger charge is 2.08. The molecule has 0 unspecified atom stereocenters. The monoisotopic (exact) mass is 353 g/mol. The number of halogens is 1. The first kappa shape index (κ1) is 15.1. The van der Waals surface area contributed by atoms with E-state index < -0.39 is 0 Å². The minimum atomic E-state index is -0.0212. The summed E-state index contributed by atoms with van der Waals surface area (Å²) in [4.78, 5) is 11.8. The molecule has 0 bridgehead atoms. The maximum absolute atomic E-state index is 11.8. The zero-order chi connectivity index (χ0) is 14.4. The lowest BCUT2D eigenvalue weighted by atomic mass is 10.1. The van der Waals surface area contributed by atoms with E-state index in [1.807, 2.05) is 0 Å². The van der Waals surface area contributed by atoms with Gasteiger partial charge < -0.3 is 5.32 Å². The number of carbonyl (C=O) groups excluding carboxylic acids is 1. The van der Waals surface area contributed by atoms with Gasteiger partial charge >= 0.3 is 0 Å². The van der Waals surface area contributed by atoms with E-state index in [1.54, 1.807) is 0 Å².